The molecular weight excluding hydrogens is 262 g/mol. The Morgan fingerprint density at radius 1 is 1.14 bits per heavy atom. The molecule has 0 saturated carbocycles. The van der Waals surface area contributed by atoms with Crippen molar-refractivity contribution in [3.8, 4) is 0 Å². The van der Waals surface area contributed by atoms with Crippen LogP contribution in [0.25, 0.3) is 0 Å². The van der Waals surface area contributed by atoms with Gasteiger partial charge >= 0.3 is 0 Å². The Bertz CT molecular complexity index is 620. The summed E-state index contributed by atoms with van der Waals surface area (Å²) >= 11 is 0. The molecule has 0 atom stereocenters. The lowest BCUT2D eigenvalue weighted by atomic mass is 10.3. The summed E-state index contributed by atoms with van der Waals surface area (Å²) in [6, 6.07) is 6.06. The second kappa shape index (κ2) is 6.08. The van der Waals surface area contributed by atoms with Crippen LogP contribution in [0.2, 0.25) is 0 Å². The minimum Gasteiger partial charge on any atom is -0.364 e. The summed E-state index contributed by atoms with van der Waals surface area (Å²) in [7, 11) is 0. The Morgan fingerprint density at radius 3 is 2.71 bits per heavy atom. The number of nitrogens with zero attached hydrogens (tertiary/aromatic N) is 4. The van der Waals surface area contributed by atoms with E-state index in [-0.39, 0.29) is 0 Å². The van der Waals surface area contributed by atoms with E-state index in [9.17, 15) is 0 Å². The predicted molar refractivity (Wildman–Crippen MR) is 84.5 cm³/mol. The van der Waals surface area contributed by atoms with E-state index in [4.69, 9.17) is 0 Å². The van der Waals surface area contributed by atoms with Gasteiger partial charge in [0.1, 0.15) is 5.82 Å². The molecule has 0 spiro atoms. The number of rotatable bonds is 4. The maximum absolute atomic E-state index is 4.68. The minimum absolute atomic E-state index is 0.667. The van der Waals surface area contributed by atoms with Gasteiger partial charge in [-0.05, 0) is 50.5 Å². The first-order valence-electron chi connectivity index (χ1n) is 7.47. The maximum atomic E-state index is 4.68. The van der Waals surface area contributed by atoms with Gasteiger partial charge in [-0.3, -0.25) is 0 Å². The molecule has 0 bridgehead atoms. The zero-order valence-corrected chi connectivity index (χ0v) is 12.6. The van der Waals surface area contributed by atoms with Crippen LogP contribution in [0.15, 0.2) is 24.4 Å². The van der Waals surface area contributed by atoms with Crippen LogP contribution in [0.5, 0.6) is 0 Å². The monoisotopic (exact) mass is 283 g/mol. The summed E-state index contributed by atoms with van der Waals surface area (Å²) in [6.45, 7) is 6.88. The Morgan fingerprint density at radius 2 is 1.95 bits per heavy atom. The quantitative estimate of drug-likeness (QED) is 0.935. The number of anilines is 2. The molecule has 110 valence electrons. The molecule has 0 amide bonds. The summed E-state index contributed by atoms with van der Waals surface area (Å²) in [5.41, 5.74) is 3.22. The molecule has 0 aromatic carbocycles. The molecule has 0 aliphatic carbocycles. The third kappa shape index (κ3) is 3.48. The first-order valence-corrected chi connectivity index (χ1v) is 7.47. The average molecular weight is 283 g/mol. The van der Waals surface area contributed by atoms with Crippen LogP contribution in [0, 0.1) is 13.8 Å². The van der Waals surface area contributed by atoms with Crippen molar-refractivity contribution in [3.05, 3.63) is 41.3 Å². The largest absolute Gasteiger partial charge is 0.364 e. The number of aromatic nitrogens is 3. The second-order valence-electron chi connectivity index (χ2n) is 5.57. The summed E-state index contributed by atoms with van der Waals surface area (Å²) in [6.07, 6.45) is 4.29. The standard InChI is InChI=1S/C16H21N5/c1-12-5-6-17-15(9-12)18-11-14-10-13(2)19-16(20-14)21-7-3-4-8-21/h5-6,9-10H,3-4,7-8,11H2,1-2H3,(H,17,18). The predicted octanol–water partition coefficient (Wildman–Crippen LogP) is 2.70. The van der Waals surface area contributed by atoms with E-state index in [1.165, 1.54) is 18.4 Å². The fourth-order valence-electron chi connectivity index (χ4n) is 2.58. The molecule has 1 aliphatic heterocycles. The third-order valence-corrected chi connectivity index (χ3v) is 3.65. The highest BCUT2D eigenvalue weighted by molar-refractivity contribution is 5.39. The number of hydrogen-bond acceptors (Lipinski definition) is 5. The van der Waals surface area contributed by atoms with Gasteiger partial charge in [0.25, 0.3) is 0 Å². The molecule has 1 N–H and O–H groups in total. The fraction of sp³-hybridized carbons (Fsp3) is 0.438. The molecule has 3 rings (SSSR count). The van der Waals surface area contributed by atoms with Crippen molar-refractivity contribution in [1.29, 1.82) is 0 Å². The molecule has 2 aromatic heterocycles. The van der Waals surface area contributed by atoms with Crippen molar-refractivity contribution in [2.45, 2.75) is 33.2 Å². The van der Waals surface area contributed by atoms with Crippen LogP contribution in [0.4, 0.5) is 11.8 Å². The van der Waals surface area contributed by atoms with E-state index in [0.29, 0.717) is 6.54 Å². The van der Waals surface area contributed by atoms with Gasteiger partial charge in [-0.2, -0.15) is 0 Å². The van der Waals surface area contributed by atoms with Crippen LogP contribution in [-0.2, 0) is 6.54 Å². The highest BCUT2D eigenvalue weighted by Gasteiger charge is 2.15. The van der Waals surface area contributed by atoms with Gasteiger partial charge in [0, 0.05) is 25.0 Å². The summed E-state index contributed by atoms with van der Waals surface area (Å²) < 4.78 is 0. The van der Waals surface area contributed by atoms with Gasteiger partial charge in [-0.1, -0.05) is 0 Å². The first kappa shape index (κ1) is 13.8. The molecule has 0 radical (unpaired) electrons. The van der Waals surface area contributed by atoms with Gasteiger partial charge in [-0.25, -0.2) is 15.0 Å². The van der Waals surface area contributed by atoms with Crippen molar-refractivity contribution in [2.75, 3.05) is 23.3 Å². The molecule has 2 aromatic rings. The van der Waals surface area contributed by atoms with Crippen LogP contribution >= 0.6 is 0 Å². The maximum Gasteiger partial charge on any atom is 0.225 e. The zero-order valence-electron chi connectivity index (χ0n) is 12.6. The molecular formula is C16H21N5. The lowest BCUT2D eigenvalue weighted by Gasteiger charge is -2.16. The minimum atomic E-state index is 0.667. The van der Waals surface area contributed by atoms with E-state index in [1.807, 2.05) is 31.3 Å². The van der Waals surface area contributed by atoms with Gasteiger partial charge in [-0.15, -0.1) is 0 Å². The highest BCUT2D eigenvalue weighted by Crippen LogP contribution is 2.17. The smallest absolute Gasteiger partial charge is 0.225 e. The fourth-order valence-corrected chi connectivity index (χ4v) is 2.58. The van der Waals surface area contributed by atoms with E-state index < -0.39 is 0 Å². The van der Waals surface area contributed by atoms with Crippen LogP contribution in [-0.4, -0.2) is 28.0 Å². The van der Waals surface area contributed by atoms with Gasteiger partial charge in [0.15, 0.2) is 0 Å². The van der Waals surface area contributed by atoms with E-state index in [1.54, 1.807) is 0 Å². The molecule has 5 heteroatoms. The lowest BCUT2D eigenvalue weighted by molar-refractivity contribution is 0.864. The second-order valence-corrected chi connectivity index (χ2v) is 5.57. The summed E-state index contributed by atoms with van der Waals surface area (Å²) in [5, 5.41) is 3.33. The van der Waals surface area contributed by atoms with Gasteiger partial charge in [0.2, 0.25) is 5.95 Å². The van der Waals surface area contributed by atoms with Crippen LogP contribution in [0.3, 0.4) is 0 Å². The molecule has 21 heavy (non-hydrogen) atoms. The molecule has 1 saturated heterocycles. The highest BCUT2D eigenvalue weighted by atomic mass is 15.3. The van der Waals surface area contributed by atoms with Crippen molar-refractivity contribution in [2.24, 2.45) is 0 Å². The van der Waals surface area contributed by atoms with Crippen LogP contribution in [0.1, 0.15) is 29.8 Å². The van der Waals surface area contributed by atoms with E-state index in [0.717, 1.165) is 36.2 Å². The normalized spacial score (nSPS) is 14.5. The number of nitrogens with one attached hydrogen (secondary N) is 1. The zero-order chi connectivity index (χ0) is 14.7. The summed E-state index contributed by atoms with van der Waals surface area (Å²) in [5.74, 6) is 1.75. The number of hydrogen-bond donors (Lipinski definition) is 1. The number of aryl methyl sites for hydroxylation is 2. The first-order chi connectivity index (χ1) is 10.2. The van der Waals surface area contributed by atoms with E-state index >= 15 is 0 Å². The molecule has 1 fully saturated rings. The SMILES string of the molecule is Cc1ccnc(NCc2cc(C)nc(N3CCCC3)n2)c1. The Kier molecular flexibility index (Phi) is 3.99. The average Bonchev–Trinajstić information content (AvgIpc) is 2.99. The van der Waals surface area contributed by atoms with E-state index in [2.05, 4.69) is 32.1 Å². The molecule has 5 nitrogen and oxygen atoms in total. The Hall–Kier alpha value is -2.17. The number of pyridine rings is 1. The third-order valence-electron chi connectivity index (χ3n) is 3.65. The van der Waals surface area contributed by atoms with Gasteiger partial charge < -0.3 is 10.2 Å². The van der Waals surface area contributed by atoms with Crippen LogP contribution < -0.4 is 10.2 Å². The van der Waals surface area contributed by atoms with Crippen molar-refractivity contribution in [3.63, 3.8) is 0 Å². The molecule has 1 aliphatic rings. The Balaban J connectivity index is 1.72. The Labute approximate surface area is 125 Å². The summed E-state index contributed by atoms with van der Waals surface area (Å²) in [4.78, 5) is 15.8. The molecule has 0 unspecified atom stereocenters. The van der Waals surface area contributed by atoms with Crippen molar-refractivity contribution < 1.29 is 0 Å². The molecule has 3 heterocycles. The van der Waals surface area contributed by atoms with Gasteiger partial charge in [0.05, 0.1) is 12.2 Å². The topological polar surface area (TPSA) is 53.9 Å². The van der Waals surface area contributed by atoms with Crippen molar-refractivity contribution >= 4 is 11.8 Å². The van der Waals surface area contributed by atoms with Crippen molar-refractivity contribution in [1.82, 2.24) is 15.0 Å². The lowest BCUT2D eigenvalue weighted by Crippen LogP contribution is -2.21.